The number of nitrogens with zero attached hydrogens (tertiary/aromatic N) is 3. The van der Waals surface area contributed by atoms with Gasteiger partial charge in [-0.25, -0.2) is 9.37 Å². The molecule has 0 radical (unpaired) electrons. The fraction of sp³-hybridized carbons (Fsp3) is 0.217. The highest BCUT2D eigenvalue weighted by atomic mass is 19.1. The van der Waals surface area contributed by atoms with Crippen LogP contribution in [0.4, 0.5) is 4.39 Å². The van der Waals surface area contributed by atoms with Crippen LogP contribution in [0.25, 0.3) is 10.9 Å². The molecule has 0 bridgehead atoms. The summed E-state index contributed by atoms with van der Waals surface area (Å²) in [5.74, 6) is 0.550. The van der Waals surface area contributed by atoms with Gasteiger partial charge in [-0.2, -0.15) is 0 Å². The van der Waals surface area contributed by atoms with E-state index in [-0.39, 0.29) is 11.4 Å². The van der Waals surface area contributed by atoms with Crippen molar-refractivity contribution < 1.29 is 4.39 Å². The first-order chi connectivity index (χ1) is 14.0. The number of rotatable bonds is 6. The van der Waals surface area contributed by atoms with Crippen LogP contribution in [0, 0.1) is 12.7 Å². The Labute approximate surface area is 168 Å². The van der Waals surface area contributed by atoms with Crippen molar-refractivity contribution in [3.8, 4) is 0 Å². The molecule has 29 heavy (non-hydrogen) atoms. The second-order valence-electron chi connectivity index (χ2n) is 7.46. The van der Waals surface area contributed by atoms with E-state index < -0.39 is 0 Å². The smallest absolute Gasteiger partial charge is 0.255 e. The molecule has 0 saturated heterocycles. The van der Waals surface area contributed by atoms with Gasteiger partial charge in [0.2, 0.25) is 0 Å². The fourth-order valence-electron chi connectivity index (χ4n) is 3.64. The van der Waals surface area contributed by atoms with E-state index in [1.807, 2.05) is 43.1 Å². The van der Waals surface area contributed by atoms with E-state index in [4.69, 9.17) is 0 Å². The fourth-order valence-corrected chi connectivity index (χ4v) is 3.64. The van der Waals surface area contributed by atoms with E-state index in [0.29, 0.717) is 25.2 Å². The van der Waals surface area contributed by atoms with Gasteiger partial charge in [-0.15, -0.1) is 0 Å². The Morgan fingerprint density at radius 1 is 1.14 bits per heavy atom. The zero-order valence-corrected chi connectivity index (χ0v) is 16.5. The van der Waals surface area contributed by atoms with Crippen molar-refractivity contribution in [3.05, 3.63) is 99.6 Å². The summed E-state index contributed by atoms with van der Waals surface area (Å²) in [4.78, 5) is 22.7. The minimum Gasteiger partial charge on any atom is -0.348 e. The van der Waals surface area contributed by atoms with Gasteiger partial charge in [-0.05, 0) is 55.3 Å². The highest BCUT2D eigenvalue weighted by Gasteiger charge is 2.13. The number of halogens is 1. The first-order valence-electron chi connectivity index (χ1n) is 9.54. The Morgan fingerprint density at radius 2 is 2.00 bits per heavy atom. The van der Waals surface area contributed by atoms with Crippen LogP contribution in [0.3, 0.4) is 0 Å². The van der Waals surface area contributed by atoms with Gasteiger partial charge in [-0.1, -0.05) is 23.8 Å². The summed E-state index contributed by atoms with van der Waals surface area (Å²) >= 11 is 0. The van der Waals surface area contributed by atoms with Gasteiger partial charge >= 0.3 is 0 Å². The summed E-state index contributed by atoms with van der Waals surface area (Å²) in [5, 5.41) is 1.00. The monoisotopic (exact) mass is 390 g/mol. The van der Waals surface area contributed by atoms with Crippen LogP contribution >= 0.6 is 0 Å². The van der Waals surface area contributed by atoms with Crippen LogP contribution in [0.5, 0.6) is 0 Å². The Bertz CT molecular complexity index is 1200. The largest absolute Gasteiger partial charge is 0.348 e. The molecule has 0 unspecified atom stereocenters. The predicted molar refractivity (Wildman–Crippen MR) is 112 cm³/mol. The Hall–Kier alpha value is -3.25. The summed E-state index contributed by atoms with van der Waals surface area (Å²) in [6, 6.07) is 14.4. The highest BCUT2D eigenvalue weighted by Crippen LogP contribution is 2.18. The third kappa shape index (κ3) is 4.27. The molecule has 2 heterocycles. The average molecular weight is 390 g/mol. The topological polar surface area (TPSA) is 53.9 Å². The van der Waals surface area contributed by atoms with E-state index in [0.717, 1.165) is 27.9 Å². The SMILES string of the molecule is Cc1ccc2c(c1)cc(CN(C)Cc1ncc[nH]1)c(=O)n2Cc1cccc(F)c1. The maximum absolute atomic E-state index is 13.7. The normalized spacial score (nSPS) is 11.4. The second-order valence-corrected chi connectivity index (χ2v) is 7.46. The van der Waals surface area contributed by atoms with Gasteiger partial charge < -0.3 is 9.55 Å². The molecule has 0 atom stereocenters. The van der Waals surface area contributed by atoms with Gasteiger partial charge in [0.15, 0.2) is 0 Å². The molecule has 0 aliphatic carbocycles. The Balaban J connectivity index is 1.74. The lowest BCUT2D eigenvalue weighted by Gasteiger charge is -2.18. The third-order valence-corrected chi connectivity index (χ3v) is 4.97. The molecule has 0 saturated carbocycles. The number of hydrogen-bond donors (Lipinski definition) is 1. The number of benzene rings is 2. The minimum atomic E-state index is -0.301. The van der Waals surface area contributed by atoms with Crippen molar-refractivity contribution in [2.45, 2.75) is 26.6 Å². The molecule has 4 rings (SSSR count). The number of H-pyrrole nitrogens is 1. The van der Waals surface area contributed by atoms with Gasteiger partial charge in [0.1, 0.15) is 11.6 Å². The number of pyridine rings is 1. The van der Waals surface area contributed by atoms with Crippen LogP contribution in [0.1, 0.15) is 22.5 Å². The van der Waals surface area contributed by atoms with Crippen LogP contribution in [-0.2, 0) is 19.6 Å². The molecule has 0 fully saturated rings. The van der Waals surface area contributed by atoms with E-state index in [2.05, 4.69) is 16.0 Å². The Kier molecular flexibility index (Phi) is 5.27. The molecule has 2 aromatic carbocycles. The van der Waals surface area contributed by atoms with Crippen LogP contribution in [-0.4, -0.2) is 26.5 Å². The maximum Gasteiger partial charge on any atom is 0.255 e. The molecule has 4 aromatic rings. The summed E-state index contributed by atoms with van der Waals surface area (Å²) < 4.78 is 15.4. The zero-order valence-electron chi connectivity index (χ0n) is 16.5. The zero-order chi connectivity index (χ0) is 20.4. The van der Waals surface area contributed by atoms with Gasteiger partial charge in [0.25, 0.3) is 5.56 Å². The standard InChI is InChI=1S/C23H23FN4O/c1-16-6-7-21-18(10-16)12-19(14-27(2)15-22-25-8-9-26-22)23(29)28(21)13-17-4-3-5-20(24)11-17/h3-12H,13-15H2,1-2H3,(H,25,26). The number of aromatic nitrogens is 3. The van der Waals surface area contributed by atoms with E-state index in [1.165, 1.54) is 12.1 Å². The summed E-state index contributed by atoms with van der Waals surface area (Å²) in [6.45, 7) is 3.46. The van der Waals surface area contributed by atoms with Crippen LogP contribution < -0.4 is 5.56 Å². The summed E-state index contributed by atoms with van der Waals surface area (Å²) in [6.07, 6.45) is 3.50. The molecular weight excluding hydrogens is 367 g/mol. The quantitative estimate of drug-likeness (QED) is 0.544. The van der Waals surface area contributed by atoms with Crippen LogP contribution in [0.15, 0.2) is 65.7 Å². The van der Waals surface area contributed by atoms with E-state index in [1.54, 1.807) is 23.0 Å². The molecule has 148 valence electrons. The molecular formula is C23H23FN4O. The van der Waals surface area contributed by atoms with Gasteiger partial charge in [0.05, 0.1) is 18.6 Å². The number of fused-ring (bicyclic) bond motifs is 1. The lowest BCUT2D eigenvalue weighted by Crippen LogP contribution is -2.29. The number of hydrogen-bond acceptors (Lipinski definition) is 3. The first-order valence-corrected chi connectivity index (χ1v) is 9.54. The van der Waals surface area contributed by atoms with Crippen molar-refractivity contribution >= 4 is 10.9 Å². The molecule has 1 N–H and O–H groups in total. The van der Waals surface area contributed by atoms with Crippen molar-refractivity contribution in [3.63, 3.8) is 0 Å². The van der Waals surface area contributed by atoms with Crippen molar-refractivity contribution in [1.82, 2.24) is 19.4 Å². The number of aromatic amines is 1. The van der Waals surface area contributed by atoms with Gasteiger partial charge in [0, 0.05) is 24.5 Å². The first kappa shape index (κ1) is 19.1. The summed E-state index contributed by atoms with van der Waals surface area (Å²) in [5.41, 5.74) is 3.38. The molecule has 2 aromatic heterocycles. The maximum atomic E-state index is 13.7. The van der Waals surface area contributed by atoms with Crippen molar-refractivity contribution in [2.24, 2.45) is 0 Å². The summed E-state index contributed by atoms with van der Waals surface area (Å²) in [7, 11) is 1.96. The Morgan fingerprint density at radius 3 is 2.76 bits per heavy atom. The molecule has 6 heteroatoms. The molecule has 0 aliphatic rings. The van der Waals surface area contributed by atoms with E-state index >= 15 is 0 Å². The lowest BCUT2D eigenvalue weighted by atomic mass is 10.1. The van der Waals surface area contributed by atoms with Crippen molar-refractivity contribution in [2.75, 3.05) is 7.05 Å². The second kappa shape index (κ2) is 8.01. The predicted octanol–water partition coefficient (Wildman–Crippen LogP) is 3.85. The lowest BCUT2D eigenvalue weighted by molar-refractivity contribution is 0.310. The number of aryl methyl sites for hydroxylation is 1. The highest BCUT2D eigenvalue weighted by molar-refractivity contribution is 5.80. The minimum absolute atomic E-state index is 0.0584. The number of imidazole rings is 1. The molecule has 0 spiro atoms. The molecule has 0 amide bonds. The molecule has 5 nitrogen and oxygen atoms in total. The third-order valence-electron chi connectivity index (χ3n) is 4.97. The van der Waals surface area contributed by atoms with Gasteiger partial charge in [-0.3, -0.25) is 9.69 Å². The number of nitrogens with one attached hydrogen (secondary N) is 1. The van der Waals surface area contributed by atoms with Crippen LogP contribution in [0.2, 0.25) is 0 Å². The van der Waals surface area contributed by atoms with Crippen molar-refractivity contribution in [1.29, 1.82) is 0 Å². The van der Waals surface area contributed by atoms with E-state index in [9.17, 15) is 9.18 Å². The molecule has 0 aliphatic heterocycles. The average Bonchev–Trinajstić information content (AvgIpc) is 3.18.